The summed E-state index contributed by atoms with van der Waals surface area (Å²) in [6.07, 6.45) is 1.99. The Kier molecular flexibility index (Phi) is 6.12. The number of hydrogen-bond donors (Lipinski definition) is 1. The first-order valence-corrected chi connectivity index (χ1v) is 7.23. The molecule has 1 aromatic rings. The molecule has 1 aromatic carbocycles. The van der Waals surface area contributed by atoms with Gasteiger partial charge in [0.1, 0.15) is 0 Å². The van der Waals surface area contributed by atoms with Gasteiger partial charge >= 0.3 is 0 Å². The Balaban J connectivity index is 2.77. The van der Waals surface area contributed by atoms with Crippen LogP contribution in [0.4, 0.5) is 0 Å². The van der Waals surface area contributed by atoms with Crippen LogP contribution in [0, 0.1) is 0 Å². The SMILES string of the molecule is CNC(CCC(C)(C)OC)c1cc(Cl)cc(Br)c1. The minimum Gasteiger partial charge on any atom is -0.379 e. The van der Waals surface area contributed by atoms with Crippen LogP contribution in [0.15, 0.2) is 22.7 Å². The quantitative estimate of drug-likeness (QED) is 0.823. The average Bonchev–Trinajstić information content (AvgIpc) is 2.28. The summed E-state index contributed by atoms with van der Waals surface area (Å²) in [4.78, 5) is 0. The highest BCUT2D eigenvalue weighted by molar-refractivity contribution is 9.10. The number of hydrogen-bond acceptors (Lipinski definition) is 2. The number of ether oxygens (including phenoxy) is 1. The predicted octanol–water partition coefficient (Wildman–Crippen LogP) is 4.57. The molecule has 2 nitrogen and oxygen atoms in total. The Morgan fingerprint density at radius 2 is 2.06 bits per heavy atom. The first kappa shape index (κ1) is 16.0. The van der Waals surface area contributed by atoms with Crippen LogP contribution in [0.3, 0.4) is 0 Å². The molecular formula is C14H21BrClNO. The molecule has 0 spiro atoms. The van der Waals surface area contributed by atoms with Crippen molar-refractivity contribution in [2.75, 3.05) is 14.2 Å². The molecular weight excluding hydrogens is 314 g/mol. The van der Waals surface area contributed by atoms with Crippen LogP contribution >= 0.6 is 27.5 Å². The van der Waals surface area contributed by atoms with Crippen molar-refractivity contribution in [1.82, 2.24) is 5.32 Å². The highest BCUT2D eigenvalue weighted by Crippen LogP contribution is 2.28. The number of halogens is 2. The third-order valence-electron chi connectivity index (χ3n) is 3.22. The smallest absolute Gasteiger partial charge is 0.0623 e. The van der Waals surface area contributed by atoms with E-state index in [-0.39, 0.29) is 11.6 Å². The summed E-state index contributed by atoms with van der Waals surface area (Å²) in [5.41, 5.74) is 1.11. The molecule has 0 aliphatic carbocycles. The van der Waals surface area contributed by atoms with E-state index in [9.17, 15) is 0 Å². The lowest BCUT2D eigenvalue weighted by Crippen LogP contribution is -2.26. The number of rotatable bonds is 6. The van der Waals surface area contributed by atoms with Gasteiger partial charge in [0.05, 0.1) is 5.60 Å². The van der Waals surface area contributed by atoms with Crippen LogP contribution < -0.4 is 5.32 Å². The molecule has 0 amide bonds. The van der Waals surface area contributed by atoms with Crippen molar-refractivity contribution >= 4 is 27.5 Å². The zero-order valence-electron chi connectivity index (χ0n) is 11.4. The average molecular weight is 335 g/mol. The second-order valence-corrected chi connectivity index (χ2v) is 6.40. The zero-order valence-corrected chi connectivity index (χ0v) is 13.7. The first-order chi connectivity index (χ1) is 8.38. The Hall–Kier alpha value is -0.0900. The summed E-state index contributed by atoms with van der Waals surface area (Å²) in [6.45, 7) is 4.21. The molecule has 0 aromatic heterocycles. The fraction of sp³-hybridized carbons (Fsp3) is 0.571. The predicted molar refractivity (Wildman–Crippen MR) is 81.3 cm³/mol. The van der Waals surface area contributed by atoms with Gasteiger partial charge in [-0.1, -0.05) is 27.5 Å². The largest absolute Gasteiger partial charge is 0.379 e. The van der Waals surface area contributed by atoms with Crippen molar-refractivity contribution in [2.24, 2.45) is 0 Å². The van der Waals surface area contributed by atoms with Crippen LogP contribution in [0.1, 0.15) is 38.3 Å². The molecule has 0 heterocycles. The van der Waals surface area contributed by atoms with Crippen LogP contribution in [-0.2, 0) is 4.74 Å². The Bertz CT molecular complexity index is 375. The van der Waals surface area contributed by atoms with Crippen LogP contribution in [0.25, 0.3) is 0 Å². The van der Waals surface area contributed by atoms with Crippen molar-refractivity contribution < 1.29 is 4.74 Å². The van der Waals surface area contributed by atoms with Gasteiger partial charge in [-0.25, -0.2) is 0 Å². The van der Waals surface area contributed by atoms with Gasteiger partial charge in [-0.05, 0) is 57.5 Å². The van der Waals surface area contributed by atoms with E-state index < -0.39 is 0 Å². The standard InChI is InChI=1S/C14H21BrClNO/c1-14(2,18-4)6-5-13(17-3)10-7-11(15)9-12(16)8-10/h7-9,13,17H,5-6H2,1-4H3. The Morgan fingerprint density at radius 1 is 1.39 bits per heavy atom. The normalized spacial score (nSPS) is 13.7. The number of benzene rings is 1. The van der Waals surface area contributed by atoms with E-state index in [1.807, 2.05) is 19.2 Å². The molecule has 1 N–H and O–H groups in total. The molecule has 0 bridgehead atoms. The topological polar surface area (TPSA) is 21.3 Å². The van der Waals surface area contributed by atoms with Gasteiger partial charge in [0, 0.05) is 22.6 Å². The lowest BCUT2D eigenvalue weighted by atomic mass is 9.95. The minimum atomic E-state index is -0.0924. The van der Waals surface area contributed by atoms with E-state index >= 15 is 0 Å². The van der Waals surface area contributed by atoms with Gasteiger partial charge in [0.25, 0.3) is 0 Å². The summed E-state index contributed by atoms with van der Waals surface area (Å²) in [5, 5.41) is 4.09. The van der Waals surface area contributed by atoms with Gasteiger partial charge < -0.3 is 10.1 Å². The molecule has 0 saturated heterocycles. The van der Waals surface area contributed by atoms with E-state index in [1.165, 1.54) is 5.56 Å². The maximum atomic E-state index is 6.09. The maximum absolute atomic E-state index is 6.09. The molecule has 0 aliphatic heterocycles. The Morgan fingerprint density at radius 3 is 2.56 bits per heavy atom. The van der Waals surface area contributed by atoms with Crippen LogP contribution in [-0.4, -0.2) is 19.8 Å². The lowest BCUT2D eigenvalue weighted by Gasteiger charge is -2.26. The fourth-order valence-electron chi connectivity index (χ4n) is 1.85. The van der Waals surface area contributed by atoms with Crippen molar-refractivity contribution in [3.05, 3.63) is 33.3 Å². The van der Waals surface area contributed by atoms with Gasteiger partial charge in [-0.15, -0.1) is 0 Å². The van der Waals surface area contributed by atoms with E-state index in [2.05, 4.69) is 41.2 Å². The molecule has 0 radical (unpaired) electrons. The summed E-state index contributed by atoms with van der Waals surface area (Å²) in [5.74, 6) is 0. The summed E-state index contributed by atoms with van der Waals surface area (Å²) in [7, 11) is 3.73. The molecule has 1 rings (SSSR count). The lowest BCUT2D eigenvalue weighted by molar-refractivity contribution is 0.0118. The van der Waals surface area contributed by atoms with E-state index in [4.69, 9.17) is 16.3 Å². The second kappa shape index (κ2) is 6.90. The highest BCUT2D eigenvalue weighted by Gasteiger charge is 2.19. The molecule has 1 atom stereocenters. The van der Waals surface area contributed by atoms with Gasteiger partial charge in [-0.3, -0.25) is 0 Å². The molecule has 102 valence electrons. The van der Waals surface area contributed by atoms with Crippen LogP contribution in [0.2, 0.25) is 5.02 Å². The molecule has 18 heavy (non-hydrogen) atoms. The summed E-state index contributed by atoms with van der Waals surface area (Å²) < 4.78 is 6.46. The van der Waals surface area contributed by atoms with E-state index in [0.29, 0.717) is 0 Å². The summed E-state index contributed by atoms with van der Waals surface area (Å²) >= 11 is 9.56. The number of methoxy groups -OCH3 is 1. The van der Waals surface area contributed by atoms with Gasteiger partial charge in [0.15, 0.2) is 0 Å². The second-order valence-electron chi connectivity index (χ2n) is 5.05. The van der Waals surface area contributed by atoms with Crippen LogP contribution in [0.5, 0.6) is 0 Å². The fourth-order valence-corrected chi connectivity index (χ4v) is 2.73. The van der Waals surface area contributed by atoms with Crippen molar-refractivity contribution in [1.29, 1.82) is 0 Å². The molecule has 0 aliphatic rings. The minimum absolute atomic E-state index is 0.0924. The van der Waals surface area contributed by atoms with Gasteiger partial charge in [-0.2, -0.15) is 0 Å². The van der Waals surface area contributed by atoms with Crippen molar-refractivity contribution in [2.45, 2.75) is 38.3 Å². The van der Waals surface area contributed by atoms with E-state index in [0.717, 1.165) is 22.3 Å². The maximum Gasteiger partial charge on any atom is 0.0623 e. The monoisotopic (exact) mass is 333 g/mol. The zero-order chi connectivity index (χ0) is 13.8. The number of nitrogens with one attached hydrogen (secondary N) is 1. The third kappa shape index (κ3) is 4.88. The molecule has 1 unspecified atom stereocenters. The van der Waals surface area contributed by atoms with Crippen molar-refractivity contribution in [3.63, 3.8) is 0 Å². The van der Waals surface area contributed by atoms with E-state index in [1.54, 1.807) is 7.11 Å². The first-order valence-electron chi connectivity index (χ1n) is 6.06. The molecule has 0 saturated carbocycles. The highest BCUT2D eigenvalue weighted by atomic mass is 79.9. The molecule has 4 heteroatoms. The Labute approximate surface area is 123 Å². The summed E-state index contributed by atoms with van der Waals surface area (Å²) in [6, 6.07) is 6.30. The molecule has 0 fully saturated rings. The third-order valence-corrected chi connectivity index (χ3v) is 3.90. The van der Waals surface area contributed by atoms with Crippen molar-refractivity contribution in [3.8, 4) is 0 Å². The van der Waals surface area contributed by atoms with Gasteiger partial charge in [0.2, 0.25) is 0 Å².